The maximum atomic E-state index is 15.1. The van der Waals surface area contributed by atoms with E-state index < -0.39 is 88.6 Å². The molecule has 13 atom stereocenters. The normalized spacial score (nSPS) is 34.2. The number of cyclic esters (lactones) is 1. The number of Topliss-reactive ketones (excluding diaryl/α,β-unsaturated/α-hetero) is 2. The highest BCUT2D eigenvalue weighted by Gasteiger charge is 2.53. The molecule has 8 unspecified atom stereocenters. The minimum Gasteiger partial charge on any atom is -0.480 e. The lowest BCUT2D eigenvalue weighted by Gasteiger charge is -2.50. The van der Waals surface area contributed by atoms with Gasteiger partial charge < -0.3 is 38.6 Å². The summed E-state index contributed by atoms with van der Waals surface area (Å²) in [5.41, 5.74) is -0.913. The largest absolute Gasteiger partial charge is 0.480 e. The number of likely N-dealkylation sites (N-methyl/N-ethyl adjacent to an activating group) is 1. The number of carboxylic acids is 1. The van der Waals surface area contributed by atoms with E-state index in [1.165, 1.54) is 14.0 Å². The molecule has 4 heterocycles. The summed E-state index contributed by atoms with van der Waals surface area (Å²) in [7, 11) is 5.25. The van der Waals surface area contributed by atoms with Gasteiger partial charge in [0, 0.05) is 72.1 Å². The second kappa shape index (κ2) is 21.6. The van der Waals surface area contributed by atoms with Crippen molar-refractivity contribution in [2.45, 2.75) is 169 Å². The third-order valence-electron chi connectivity index (χ3n) is 14.4. The van der Waals surface area contributed by atoms with Crippen LogP contribution in [0.15, 0.2) is 37.1 Å². The Kier molecular flexibility index (Phi) is 17.8. The number of esters is 1. The summed E-state index contributed by atoms with van der Waals surface area (Å²) >= 11 is 0. The Labute approximate surface area is 375 Å². The summed E-state index contributed by atoms with van der Waals surface area (Å²) in [6.45, 7) is 20.6. The third kappa shape index (κ3) is 11.8. The fourth-order valence-electron chi connectivity index (χ4n) is 10.4. The first kappa shape index (κ1) is 52.0. The predicted octanol–water partition coefficient (Wildman–Crippen LogP) is 6.26. The van der Waals surface area contributed by atoms with Gasteiger partial charge in [0.2, 0.25) is 0 Å². The van der Waals surface area contributed by atoms with Crippen LogP contribution >= 0.6 is 0 Å². The van der Waals surface area contributed by atoms with Gasteiger partial charge in [-0.15, -0.1) is 0 Å². The number of pyridine rings is 1. The summed E-state index contributed by atoms with van der Waals surface area (Å²) in [5, 5.41) is 22.0. The van der Waals surface area contributed by atoms with Crippen molar-refractivity contribution in [1.29, 1.82) is 0 Å². The number of aliphatic hydroxyl groups is 1. The van der Waals surface area contributed by atoms with Crippen LogP contribution in [-0.2, 0) is 43.7 Å². The van der Waals surface area contributed by atoms with E-state index in [0.29, 0.717) is 38.6 Å². The molecule has 0 aromatic carbocycles. The number of aliphatic carboxylic acids is 1. The Balaban J connectivity index is 1.76. The van der Waals surface area contributed by atoms with Gasteiger partial charge >= 0.3 is 11.9 Å². The number of rotatable bonds is 15. The zero-order chi connectivity index (χ0) is 47.2. The van der Waals surface area contributed by atoms with E-state index in [2.05, 4.69) is 28.4 Å². The molecule has 15 heteroatoms. The Morgan fingerprint density at radius 2 is 1.75 bits per heavy atom. The monoisotopic (exact) mass is 884 g/mol. The standard InChI is InChI=1S/C48H77N5O10/c1-15-37-47(10,16-2)42(52(27-38(54)55)22-18-20-46(8,9)53-26-35(50-28-53)34-19-17-21-49-25-34)31(5)39(56)29(3)24-48(11,60-14)43(32(6)40(57)33(7)44(59)62-37)63-45-41(58)36(51(12)13)23-30(4)61-45/h17,19,21,25-26,28-33,36-37,41-43,45,58H,15-16,18,20,22-24,27H2,1-14H3,(H,54,55)/t29-,30?,31+,32?,33?,36?,37?,41-,42?,43-,45?,47?,48+/m1/s1. The first-order valence-electron chi connectivity index (χ1n) is 22.8. The first-order chi connectivity index (χ1) is 29.5. The Morgan fingerprint density at radius 1 is 1.06 bits per heavy atom. The Hall–Kier alpha value is -3.60. The molecule has 0 amide bonds. The molecule has 2 fully saturated rings. The molecule has 4 rings (SSSR count). The summed E-state index contributed by atoms with van der Waals surface area (Å²) in [4.78, 5) is 69.3. The van der Waals surface area contributed by atoms with E-state index in [4.69, 9.17) is 18.9 Å². The average Bonchev–Trinajstić information content (AvgIpc) is 3.76. The highest BCUT2D eigenvalue weighted by Crippen LogP contribution is 2.44. The van der Waals surface area contributed by atoms with Gasteiger partial charge in [0.25, 0.3) is 0 Å². The van der Waals surface area contributed by atoms with Crippen LogP contribution in [0, 0.1) is 29.1 Å². The molecular weight excluding hydrogens is 807 g/mol. The molecule has 63 heavy (non-hydrogen) atoms. The van der Waals surface area contributed by atoms with Gasteiger partial charge in [0.05, 0.1) is 36.4 Å². The average molecular weight is 884 g/mol. The molecule has 2 N–H and O–H groups in total. The minimum absolute atomic E-state index is 0.120. The lowest BCUT2D eigenvalue weighted by Crippen LogP contribution is -2.61. The molecule has 15 nitrogen and oxygen atoms in total. The van der Waals surface area contributed by atoms with Gasteiger partial charge in [-0.25, -0.2) is 4.98 Å². The zero-order valence-corrected chi connectivity index (χ0v) is 40.4. The number of ether oxygens (including phenoxy) is 4. The Bertz CT molecular complexity index is 1840. The van der Waals surface area contributed by atoms with E-state index in [1.54, 1.807) is 32.6 Å². The van der Waals surface area contributed by atoms with E-state index in [-0.39, 0.29) is 30.9 Å². The van der Waals surface area contributed by atoms with Crippen molar-refractivity contribution in [2.24, 2.45) is 29.1 Å². The summed E-state index contributed by atoms with van der Waals surface area (Å²) in [6.07, 6.45) is 5.70. The van der Waals surface area contributed by atoms with Gasteiger partial charge in [-0.3, -0.25) is 29.1 Å². The maximum Gasteiger partial charge on any atom is 0.317 e. The number of aliphatic hydroxyl groups excluding tert-OH is 1. The molecule has 354 valence electrons. The molecule has 0 radical (unpaired) electrons. The van der Waals surface area contributed by atoms with E-state index in [1.807, 2.05) is 83.8 Å². The molecule has 0 spiro atoms. The first-order valence-corrected chi connectivity index (χ1v) is 22.8. The molecule has 2 saturated heterocycles. The highest BCUT2D eigenvalue weighted by atomic mass is 16.7. The lowest BCUT2D eigenvalue weighted by atomic mass is 9.66. The van der Waals surface area contributed by atoms with E-state index in [9.17, 15) is 24.6 Å². The maximum absolute atomic E-state index is 15.1. The van der Waals surface area contributed by atoms with Crippen molar-refractivity contribution in [3.8, 4) is 11.3 Å². The smallest absolute Gasteiger partial charge is 0.317 e. The van der Waals surface area contributed by atoms with Crippen molar-refractivity contribution < 1.29 is 48.3 Å². The van der Waals surface area contributed by atoms with Crippen molar-refractivity contribution in [2.75, 3.05) is 34.3 Å². The van der Waals surface area contributed by atoms with Crippen LogP contribution in [0.2, 0.25) is 0 Å². The van der Waals surface area contributed by atoms with E-state index in [0.717, 1.165) is 11.3 Å². The van der Waals surface area contributed by atoms with E-state index >= 15 is 4.79 Å². The van der Waals surface area contributed by atoms with Crippen LogP contribution in [0.4, 0.5) is 0 Å². The van der Waals surface area contributed by atoms with Crippen LogP contribution in [-0.4, -0.2) is 141 Å². The van der Waals surface area contributed by atoms with Gasteiger partial charge in [0.15, 0.2) is 12.1 Å². The number of ketones is 2. The van der Waals surface area contributed by atoms with Gasteiger partial charge in [-0.05, 0) is 106 Å². The summed E-state index contributed by atoms with van der Waals surface area (Å²) < 4.78 is 27.5. The van der Waals surface area contributed by atoms with Crippen molar-refractivity contribution >= 4 is 23.5 Å². The number of imidazole rings is 1. The minimum atomic E-state index is -1.29. The van der Waals surface area contributed by atoms with Crippen molar-refractivity contribution in [1.82, 2.24) is 24.3 Å². The molecule has 2 aliphatic heterocycles. The predicted molar refractivity (Wildman–Crippen MR) is 240 cm³/mol. The van der Waals surface area contributed by atoms with Crippen LogP contribution in [0.3, 0.4) is 0 Å². The van der Waals surface area contributed by atoms with Crippen molar-refractivity contribution in [3.05, 3.63) is 37.1 Å². The quantitative estimate of drug-likeness (QED) is 0.151. The second-order valence-corrected chi connectivity index (χ2v) is 19.7. The zero-order valence-electron chi connectivity index (χ0n) is 40.4. The Morgan fingerprint density at radius 3 is 2.32 bits per heavy atom. The number of hydrogen-bond donors (Lipinski definition) is 2. The lowest BCUT2D eigenvalue weighted by molar-refractivity contribution is -0.295. The molecule has 0 bridgehead atoms. The number of methoxy groups -OCH3 is 1. The number of nitrogens with zero attached hydrogens (tertiary/aromatic N) is 5. The molecule has 2 aromatic rings. The van der Waals surface area contributed by atoms with Crippen LogP contribution < -0.4 is 0 Å². The number of hydrogen-bond acceptors (Lipinski definition) is 13. The van der Waals surface area contributed by atoms with Crippen LogP contribution in [0.25, 0.3) is 11.3 Å². The second-order valence-electron chi connectivity index (χ2n) is 19.7. The fraction of sp³-hybridized carbons (Fsp3) is 0.750. The summed E-state index contributed by atoms with van der Waals surface area (Å²) in [5.74, 6) is -5.86. The molecule has 2 aliphatic rings. The summed E-state index contributed by atoms with van der Waals surface area (Å²) in [6, 6.07) is 2.84. The fourth-order valence-corrected chi connectivity index (χ4v) is 10.4. The third-order valence-corrected chi connectivity index (χ3v) is 14.4. The SMILES string of the molecule is CCC1OC(=O)C(C)C(=O)C(C)[C@@H](OC2OC(C)CC(N(C)C)[C@H]2O)[C@@](C)(OC)C[C@@H](C)C(=O)[C@H](C)C(N(CCCC(C)(C)n2cnc(-c3cccnc3)c2)CC(=O)O)C1(C)CC. The van der Waals surface area contributed by atoms with Crippen LogP contribution in [0.1, 0.15) is 115 Å². The number of carboxylic acid groups (broad SMARTS) is 1. The molecular formula is C48H77N5O10. The van der Waals surface area contributed by atoms with Crippen LogP contribution in [0.5, 0.6) is 0 Å². The van der Waals surface area contributed by atoms with Gasteiger partial charge in [0.1, 0.15) is 23.9 Å². The highest BCUT2D eigenvalue weighted by molar-refractivity contribution is 6.00. The van der Waals surface area contributed by atoms with Crippen molar-refractivity contribution in [3.63, 3.8) is 0 Å². The molecule has 0 aliphatic carbocycles. The number of carbonyl (C=O) groups excluding carboxylic acids is 3. The topological polar surface area (TPSA) is 183 Å². The van der Waals surface area contributed by atoms with Gasteiger partial charge in [-0.2, -0.15) is 0 Å². The van der Waals surface area contributed by atoms with Gasteiger partial charge in [-0.1, -0.05) is 41.5 Å². The number of aromatic nitrogens is 3. The molecule has 0 saturated carbocycles. The number of carbonyl (C=O) groups is 4. The molecule has 2 aromatic heterocycles.